The number of pyridine rings is 1. The molecule has 1 saturated carbocycles. The van der Waals surface area contributed by atoms with Crippen LogP contribution in [0.2, 0.25) is 0 Å². The van der Waals surface area contributed by atoms with Crippen molar-refractivity contribution in [2.45, 2.75) is 47.0 Å². The molecule has 0 aliphatic heterocycles. The van der Waals surface area contributed by atoms with Gasteiger partial charge in [0, 0.05) is 6.20 Å². The maximum atomic E-state index is 12.5. The van der Waals surface area contributed by atoms with E-state index in [1.165, 1.54) is 11.8 Å². The fourth-order valence-electron chi connectivity index (χ4n) is 4.32. The number of hydrogen-bond acceptors (Lipinski definition) is 4. The monoisotopic (exact) mass is 371 g/mol. The Morgan fingerprint density at radius 2 is 2.19 bits per heavy atom. The standard InChI is InChI=1S/C22H33N3O2/c1-7-22(6)11-10-17(12-18(22)15(2)3)21(4,5)14-25(27)20(26)16-8-9-19(23)24-13-16/h7-9,13,17-18,27H,1-2,10-12,14H2,3-6H3,(H2,23,24)/t17-,18+,22-/m1/s1. The molecule has 3 atom stereocenters. The maximum absolute atomic E-state index is 12.5. The van der Waals surface area contributed by atoms with Crippen LogP contribution in [0.4, 0.5) is 5.82 Å². The Morgan fingerprint density at radius 3 is 2.70 bits per heavy atom. The van der Waals surface area contributed by atoms with E-state index in [0.717, 1.165) is 24.3 Å². The highest BCUT2D eigenvalue weighted by molar-refractivity contribution is 5.93. The zero-order valence-electron chi connectivity index (χ0n) is 17.0. The van der Waals surface area contributed by atoms with Crippen LogP contribution in [-0.2, 0) is 0 Å². The normalized spacial score (nSPS) is 25.7. The minimum atomic E-state index is -0.459. The average Bonchev–Trinajstić information content (AvgIpc) is 2.61. The van der Waals surface area contributed by atoms with Crippen molar-refractivity contribution in [2.75, 3.05) is 12.3 Å². The second-order valence-corrected chi connectivity index (χ2v) is 8.90. The Labute approximate surface area is 162 Å². The topological polar surface area (TPSA) is 79.5 Å². The predicted octanol–water partition coefficient (Wildman–Crippen LogP) is 4.71. The lowest BCUT2D eigenvalue weighted by atomic mass is 9.57. The van der Waals surface area contributed by atoms with Crippen LogP contribution in [0.25, 0.3) is 0 Å². The van der Waals surface area contributed by atoms with E-state index in [2.05, 4.69) is 51.9 Å². The van der Waals surface area contributed by atoms with E-state index in [-0.39, 0.29) is 17.4 Å². The molecule has 148 valence electrons. The zero-order valence-corrected chi connectivity index (χ0v) is 17.0. The summed E-state index contributed by atoms with van der Waals surface area (Å²) < 4.78 is 0. The number of carbonyl (C=O) groups is 1. The second kappa shape index (κ2) is 7.85. The molecule has 0 aromatic carbocycles. The van der Waals surface area contributed by atoms with Crippen molar-refractivity contribution in [2.24, 2.45) is 22.7 Å². The molecule has 0 saturated heterocycles. The number of aromatic nitrogens is 1. The fourth-order valence-corrected chi connectivity index (χ4v) is 4.32. The molecule has 0 radical (unpaired) electrons. The summed E-state index contributed by atoms with van der Waals surface area (Å²) in [4.78, 5) is 16.4. The van der Waals surface area contributed by atoms with Crippen LogP contribution in [0.3, 0.4) is 0 Å². The van der Waals surface area contributed by atoms with Crippen LogP contribution in [0.1, 0.15) is 57.3 Å². The van der Waals surface area contributed by atoms with E-state index in [0.29, 0.717) is 23.2 Å². The van der Waals surface area contributed by atoms with Gasteiger partial charge in [-0.2, -0.15) is 0 Å². The van der Waals surface area contributed by atoms with E-state index in [9.17, 15) is 10.0 Å². The Balaban J connectivity index is 2.11. The van der Waals surface area contributed by atoms with Crippen molar-refractivity contribution >= 4 is 11.7 Å². The number of nitrogens with two attached hydrogens (primary N) is 1. The van der Waals surface area contributed by atoms with Gasteiger partial charge < -0.3 is 5.73 Å². The van der Waals surface area contributed by atoms with Gasteiger partial charge in [-0.25, -0.2) is 10.0 Å². The van der Waals surface area contributed by atoms with Gasteiger partial charge in [0.25, 0.3) is 5.91 Å². The van der Waals surface area contributed by atoms with Gasteiger partial charge in [0.1, 0.15) is 5.82 Å². The summed E-state index contributed by atoms with van der Waals surface area (Å²) in [5, 5.41) is 11.2. The first-order chi connectivity index (χ1) is 12.5. The lowest BCUT2D eigenvalue weighted by molar-refractivity contribution is -0.0918. The van der Waals surface area contributed by atoms with Gasteiger partial charge in [-0.1, -0.05) is 39.0 Å². The quantitative estimate of drug-likeness (QED) is 0.431. The number of hydroxylamine groups is 2. The van der Waals surface area contributed by atoms with Crippen LogP contribution in [-0.4, -0.2) is 27.7 Å². The molecular weight excluding hydrogens is 338 g/mol. The predicted molar refractivity (Wildman–Crippen MR) is 109 cm³/mol. The highest BCUT2D eigenvalue weighted by Gasteiger charge is 2.43. The Morgan fingerprint density at radius 1 is 1.52 bits per heavy atom. The first-order valence-electron chi connectivity index (χ1n) is 9.51. The van der Waals surface area contributed by atoms with Crippen LogP contribution in [0, 0.1) is 22.7 Å². The van der Waals surface area contributed by atoms with Crippen molar-refractivity contribution in [1.29, 1.82) is 0 Å². The van der Waals surface area contributed by atoms with Crippen LogP contribution in [0.15, 0.2) is 43.1 Å². The maximum Gasteiger partial charge on any atom is 0.278 e. The smallest absolute Gasteiger partial charge is 0.278 e. The summed E-state index contributed by atoms with van der Waals surface area (Å²) in [5.41, 5.74) is 6.88. The SMILES string of the molecule is C=C[C@]1(C)CC[C@@H](C(C)(C)CN(O)C(=O)c2ccc(N)nc2)C[C@H]1C(=C)C. The van der Waals surface area contributed by atoms with Crippen molar-refractivity contribution in [1.82, 2.24) is 10.0 Å². The van der Waals surface area contributed by atoms with Gasteiger partial charge in [0.05, 0.1) is 12.1 Å². The average molecular weight is 372 g/mol. The molecule has 27 heavy (non-hydrogen) atoms. The Kier molecular flexibility index (Phi) is 6.15. The summed E-state index contributed by atoms with van der Waals surface area (Å²) in [6, 6.07) is 3.13. The lowest BCUT2D eigenvalue weighted by Crippen LogP contribution is -2.44. The third-order valence-corrected chi connectivity index (χ3v) is 6.34. The Bertz CT molecular complexity index is 711. The number of amides is 1. The fraction of sp³-hybridized carbons (Fsp3) is 0.545. The first-order valence-corrected chi connectivity index (χ1v) is 9.51. The van der Waals surface area contributed by atoms with E-state index in [1.807, 2.05) is 0 Å². The molecule has 5 heteroatoms. The van der Waals surface area contributed by atoms with Crippen molar-refractivity contribution in [3.05, 3.63) is 48.7 Å². The molecule has 3 N–H and O–H groups in total. The minimum absolute atomic E-state index is 0.0583. The number of nitrogens with zero attached hydrogens (tertiary/aromatic N) is 2. The van der Waals surface area contributed by atoms with Gasteiger partial charge in [-0.05, 0) is 61.0 Å². The van der Waals surface area contributed by atoms with Gasteiger partial charge in [0.2, 0.25) is 0 Å². The molecule has 5 nitrogen and oxygen atoms in total. The summed E-state index contributed by atoms with van der Waals surface area (Å²) in [6.45, 7) is 17.0. The number of anilines is 1. The molecule has 1 aliphatic rings. The van der Waals surface area contributed by atoms with E-state index < -0.39 is 5.91 Å². The van der Waals surface area contributed by atoms with Crippen LogP contribution < -0.4 is 5.73 Å². The molecule has 1 fully saturated rings. The molecule has 1 aromatic heterocycles. The van der Waals surface area contributed by atoms with Crippen LogP contribution >= 0.6 is 0 Å². The van der Waals surface area contributed by atoms with Crippen molar-refractivity contribution in [3.63, 3.8) is 0 Å². The molecule has 1 aromatic rings. The van der Waals surface area contributed by atoms with Crippen molar-refractivity contribution in [3.8, 4) is 0 Å². The number of nitrogen functional groups attached to an aromatic ring is 1. The van der Waals surface area contributed by atoms with Crippen molar-refractivity contribution < 1.29 is 10.0 Å². The summed E-state index contributed by atoms with van der Waals surface area (Å²) in [5.74, 6) is 0.616. The minimum Gasteiger partial charge on any atom is -0.384 e. The highest BCUT2D eigenvalue weighted by Crippen LogP contribution is 2.51. The molecule has 0 unspecified atom stereocenters. The van der Waals surface area contributed by atoms with E-state index >= 15 is 0 Å². The number of hydrogen-bond donors (Lipinski definition) is 2. The lowest BCUT2D eigenvalue weighted by Gasteiger charge is -2.48. The summed E-state index contributed by atoms with van der Waals surface area (Å²) in [7, 11) is 0. The highest BCUT2D eigenvalue weighted by atomic mass is 16.5. The second-order valence-electron chi connectivity index (χ2n) is 8.90. The number of rotatable bonds is 6. The largest absolute Gasteiger partial charge is 0.384 e. The number of allylic oxidation sites excluding steroid dienone is 2. The van der Waals surface area contributed by atoms with Gasteiger partial charge in [-0.15, -0.1) is 6.58 Å². The Hall–Kier alpha value is -2.14. The molecule has 1 amide bonds. The molecule has 0 bridgehead atoms. The molecule has 2 rings (SSSR count). The number of carbonyl (C=O) groups excluding carboxylic acids is 1. The molecular formula is C22H33N3O2. The van der Waals surface area contributed by atoms with E-state index in [4.69, 9.17) is 5.73 Å². The zero-order chi connectivity index (χ0) is 20.4. The van der Waals surface area contributed by atoms with Crippen LogP contribution in [0.5, 0.6) is 0 Å². The van der Waals surface area contributed by atoms with Gasteiger partial charge >= 0.3 is 0 Å². The molecule has 0 spiro atoms. The third kappa shape index (κ3) is 4.59. The van der Waals surface area contributed by atoms with Gasteiger partial charge in [0.15, 0.2) is 0 Å². The first kappa shape index (κ1) is 21.2. The third-order valence-electron chi connectivity index (χ3n) is 6.34. The van der Waals surface area contributed by atoms with E-state index in [1.54, 1.807) is 12.1 Å². The molecule has 1 heterocycles. The summed E-state index contributed by atoms with van der Waals surface area (Å²) in [6.07, 6.45) is 6.50. The van der Waals surface area contributed by atoms with Gasteiger partial charge in [-0.3, -0.25) is 10.0 Å². The summed E-state index contributed by atoms with van der Waals surface area (Å²) >= 11 is 0. The molecule has 1 aliphatic carbocycles.